The second-order valence-corrected chi connectivity index (χ2v) is 5.98. The normalized spacial score (nSPS) is 11.3. The van der Waals surface area contributed by atoms with E-state index in [-0.39, 0.29) is 17.2 Å². The second-order valence-electron chi connectivity index (χ2n) is 4.66. The molecule has 112 valence electrons. The summed E-state index contributed by atoms with van der Waals surface area (Å²) >= 11 is 0. The van der Waals surface area contributed by atoms with Crippen LogP contribution >= 0.6 is 7.75 Å². The summed E-state index contributed by atoms with van der Waals surface area (Å²) in [5.74, 6) is 0.117. The molecule has 0 saturated carbocycles. The molecule has 0 aliphatic rings. The van der Waals surface area contributed by atoms with Gasteiger partial charge in [0.05, 0.1) is 5.69 Å². The van der Waals surface area contributed by atoms with Gasteiger partial charge in [-0.25, -0.2) is 4.57 Å². The molecule has 0 aromatic heterocycles. The van der Waals surface area contributed by atoms with Gasteiger partial charge in [-0.1, -0.05) is 18.2 Å². The number of rotatable bonds is 5. The Hall–Kier alpha value is -2.01. The Balaban J connectivity index is 2.15. The van der Waals surface area contributed by atoms with Crippen LogP contribution in [-0.4, -0.2) is 20.0 Å². The minimum atomic E-state index is -4.43. The topological polar surface area (TPSA) is 110 Å². The monoisotopic (exact) mass is 309 g/mol. The predicted octanol–water partition coefficient (Wildman–Crippen LogP) is 2.39. The molecule has 0 radical (unpaired) electrons. The lowest BCUT2D eigenvalue weighted by Gasteiger charge is -2.13. The van der Waals surface area contributed by atoms with E-state index >= 15 is 0 Å². The molecule has 21 heavy (non-hydrogen) atoms. The number of aromatic hydroxyl groups is 2. The van der Waals surface area contributed by atoms with Crippen LogP contribution in [0.5, 0.6) is 11.5 Å². The SMILES string of the molecule is O=P(O)(O)Nc1cc(O)ccc1CCc1ccc(O)cc1. The zero-order chi connectivity index (χ0) is 15.5. The lowest BCUT2D eigenvalue weighted by Crippen LogP contribution is -2.00. The van der Waals surface area contributed by atoms with Crippen LogP contribution in [0.2, 0.25) is 0 Å². The van der Waals surface area contributed by atoms with Crippen molar-refractivity contribution in [1.82, 2.24) is 0 Å². The Morgan fingerprint density at radius 2 is 1.52 bits per heavy atom. The van der Waals surface area contributed by atoms with E-state index in [1.807, 2.05) is 0 Å². The van der Waals surface area contributed by atoms with E-state index in [9.17, 15) is 14.8 Å². The predicted molar refractivity (Wildman–Crippen MR) is 79.3 cm³/mol. The van der Waals surface area contributed by atoms with Gasteiger partial charge in [0.2, 0.25) is 0 Å². The lowest BCUT2D eigenvalue weighted by atomic mass is 10.0. The fourth-order valence-electron chi connectivity index (χ4n) is 1.99. The molecule has 2 aromatic carbocycles. The van der Waals surface area contributed by atoms with E-state index in [4.69, 9.17) is 9.79 Å². The fraction of sp³-hybridized carbons (Fsp3) is 0.143. The summed E-state index contributed by atoms with van der Waals surface area (Å²) in [5, 5.41) is 20.8. The van der Waals surface area contributed by atoms with Crippen LogP contribution in [-0.2, 0) is 17.4 Å². The number of phenols is 2. The molecule has 7 heteroatoms. The third-order valence-corrected chi connectivity index (χ3v) is 3.51. The first-order valence-corrected chi connectivity index (χ1v) is 7.88. The van der Waals surface area contributed by atoms with Gasteiger partial charge in [0.1, 0.15) is 11.5 Å². The van der Waals surface area contributed by atoms with Crippen molar-refractivity contribution in [1.29, 1.82) is 0 Å². The lowest BCUT2D eigenvalue weighted by molar-refractivity contribution is 0.380. The molecule has 2 rings (SSSR count). The van der Waals surface area contributed by atoms with Gasteiger partial charge in [-0.2, -0.15) is 0 Å². The van der Waals surface area contributed by atoms with Gasteiger partial charge < -0.3 is 20.0 Å². The van der Waals surface area contributed by atoms with Gasteiger partial charge in [0.15, 0.2) is 0 Å². The Kier molecular flexibility index (Phi) is 4.53. The van der Waals surface area contributed by atoms with Crippen LogP contribution in [0.1, 0.15) is 11.1 Å². The number of nitrogens with one attached hydrogen (secondary N) is 1. The third kappa shape index (κ3) is 4.79. The maximum Gasteiger partial charge on any atom is 0.427 e. The van der Waals surface area contributed by atoms with E-state index in [0.29, 0.717) is 18.4 Å². The smallest absolute Gasteiger partial charge is 0.427 e. The molecule has 0 amide bonds. The van der Waals surface area contributed by atoms with Crippen molar-refractivity contribution >= 4 is 13.4 Å². The Morgan fingerprint density at radius 3 is 2.14 bits per heavy atom. The molecule has 0 fully saturated rings. The number of hydrogen-bond acceptors (Lipinski definition) is 3. The first-order valence-electron chi connectivity index (χ1n) is 6.27. The molecule has 2 aromatic rings. The van der Waals surface area contributed by atoms with Gasteiger partial charge in [0.25, 0.3) is 0 Å². The van der Waals surface area contributed by atoms with Gasteiger partial charge in [-0.3, -0.25) is 5.09 Å². The summed E-state index contributed by atoms with van der Waals surface area (Å²) < 4.78 is 11.0. The second kappa shape index (κ2) is 6.18. The maximum atomic E-state index is 11.0. The minimum absolute atomic E-state index is 0.0701. The molecular formula is C14H16NO5P. The fourth-order valence-corrected chi connectivity index (χ4v) is 2.51. The Morgan fingerprint density at radius 1 is 0.905 bits per heavy atom. The van der Waals surface area contributed by atoms with Crippen molar-refractivity contribution < 1.29 is 24.6 Å². The highest BCUT2D eigenvalue weighted by Crippen LogP contribution is 2.38. The van der Waals surface area contributed by atoms with E-state index in [2.05, 4.69) is 5.09 Å². The number of benzene rings is 2. The first kappa shape index (κ1) is 15.4. The Bertz CT molecular complexity index is 666. The average molecular weight is 309 g/mol. The van der Waals surface area contributed by atoms with Crippen molar-refractivity contribution in [2.45, 2.75) is 12.8 Å². The van der Waals surface area contributed by atoms with Crippen LogP contribution in [0, 0.1) is 0 Å². The summed E-state index contributed by atoms with van der Waals surface area (Å²) in [4.78, 5) is 18.0. The van der Waals surface area contributed by atoms with Crippen molar-refractivity contribution in [3.05, 3.63) is 53.6 Å². The molecular weight excluding hydrogens is 293 g/mol. The van der Waals surface area contributed by atoms with E-state index in [0.717, 1.165) is 5.56 Å². The largest absolute Gasteiger partial charge is 0.508 e. The van der Waals surface area contributed by atoms with Crippen molar-refractivity contribution in [2.75, 3.05) is 5.09 Å². The third-order valence-electron chi connectivity index (χ3n) is 2.98. The zero-order valence-electron chi connectivity index (χ0n) is 11.1. The van der Waals surface area contributed by atoms with E-state index in [1.165, 1.54) is 12.1 Å². The van der Waals surface area contributed by atoms with Gasteiger partial charge in [-0.15, -0.1) is 0 Å². The van der Waals surface area contributed by atoms with Crippen LogP contribution in [0.15, 0.2) is 42.5 Å². The van der Waals surface area contributed by atoms with E-state index < -0.39 is 7.75 Å². The van der Waals surface area contributed by atoms with Crippen LogP contribution < -0.4 is 5.09 Å². The Labute approximate surface area is 121 Å². The highest BCUT2D eigenvalue weighted by Gasteiger charge is 2.15. The molecule has 0 heterocycles. The summed E-state index contributed by atoms with van der Waals surface area (Å²) in [6.07, 6.45) is 1.17. The van der Waals surface area contributed by atoms with E-state index in [1.54, 1.807) is 30.3 Å². The summed E-state index contributed by atoms with van der Waals surface area (Å²) in [5.41, 5.74) is 1.88. The molecule has 5 N–H and O–H groups in total. The highest BCUT2D eigenvalue weighted by atomic mass is 31.2. The van der Waals surface area contributed by atoms with Gasteiger partial charge >= 0.3 is 7.75 Å². The minimum Gasteiger partial charge on any atom is -0.508 e. The number of phenolic OH excluding ortho intramolecular Hbond substituents is 2. The molecule has 0 bridgehead atoms. The standard InChI is InChI=1S/C14H16NO5P/c16-12-6-2-10(3-7-12)1-4-11-5-8-13(17)9-14(11)15-21(18,19)20/h2-3,5-9,16-17H,1,4H2,(H3,15,18,19,20). The zero-order valence-corrected chi connectivity index (χ0v) is 12.0. The van der Waals surface area contributed by atoms with Crippen molar-refractivity contribution in [2.24, 2.45) is 0 Å². The number of anilines is 1. The molecule has 0 spiro atoms. The molecule has 6 nitrogen and oxygen atoms in total. The molecule has 0 saturated heterocycles. The average Bonchev–Trinajstić information content (AvgIpc) is 2.38. The molecule has 0 aliphatic heterocycles. The summed E-state index contributed by atoms with van der Waals surface area (Å²) in [7, 11) is -4.43. The van der Waals surface area contributed by atoms with Crippen LogP contribution in [0.3, 0.4) is 0 Å². The number of aryl methyl sites for hydroxylation is 2. The summed E-state index contributed by atoms with van der Waals surface area (Å²) in [6.45, 7) is 0. The van der Waals surface area contributed by atoms with Crippen LogP contribution in [0.25, 0.3) is 0 Å². The number of hydrogen-bond donors (Lipinski definition) is 5. The summed E-state index contributed by atoms with van der Waals surface area (Å²) in [6, 6.07) is 11.1. The molecule has 0 unspecified atom stereocenters. The molecule has 0 atom stereocenters. The van der Waals surface area contributed by atoms with Crippen molar-refractivity contribution in [3.8, 4) is 11.5 Å². The first-order chi connectivity index (χ1) is 9.83. The highest BCUT2D eigenvalue weighted by molar-refractivity contribution is 7.53. The van der Waals surface area contributed by atoms with Crippen molar-refractivity contribution in [3.63, 3.8) is 0 Å². The van der Waals surface area contributed by atoms with Crippen LogP contribution in [0.4, 0.5) is 5.69 Å². The molecule has 0 aliphatic carbocycles. The maximum absolute atomic E-state index is 11.0. The quantitative estimate of drug-likeness (QED) is 0.542. The van der Waals surface area contributed by atoms with Gasteiger partial charge in [-0.05, 0) is 42.2 Å². The van der Waals surface area contributed by atoms with Gasteiger partial charge in [0, 0.05) is 6.07 Å².